The first-order chi connectivity index (χ1) is 35.2. The molecule has 0 amide bonds. The Labute approximate surface area is 421 Å². The van der Waals surface area contributed by atoms with Gasteiger partial charge >= 0.3 is 0 Å². The van der Waals surface area contributed by atoms with Crippen LogP contribution in [0.3, 0.4) is 0 Å². The molecule has 2 atom stereocenters. The zero-order chi connectivity index (χ0) is 49.8. The summed E-state index contributed by atoms with van der Waals surface area (Å²) in [7, 11) is 0. The van der Waals surface area contributed by atoms with Crippen molar-refractivity contribution in [2.75, 3.05) is 65.4 Å². The fourth-order valence-electron chi connectivity index (χ4n) is 9.88. The van der Waals surface area contributed by atoms with Gasteiger partial charge < -0.3 is 0 Å². The molecule has 0 unspecified atom stereocenters. The van der Waals surface area contributed by atoms with Crippen LogP contribution in [0.1, 0.15) is 68.2 Å². The summed E-state index contributed by atoms with van der Waals surface area (Å²) < 4.78 is 31.3. The van der Waals surface area contributed by atoms with E-state index >= 15 is 0 Å². The number of hydrogen-bond donors (Lipinski definition) is 0. The molecule has 2 aliphatic heterocycles. The molecule has 0 bridgehead atoms. The number of benzene rings is 6. The predicted molar refractivity (Wildman–Crippen MR) is 281 cm³/mol. The van der Waals surface area contributed by atoms with E-state index in [9.17, 15) is 8.78 Å². The highest BCUT2D eigenvalue weighted by molar-refractivity contribution is 5.51. The van der Waals surface area contributed by atoms with Crippen molar-refractivity contribution in [3.63, 3.8) is 0 Å². The first-order valence-corrected chi connectivity index (χ1v) is 24.8. The van der Waals surface area contributed by atoms with E-state index in [2.05, 4.69) is 175 Å². The maximum absolute atomic E-state index is 13.8. The third kappa shape index (κ3) is 12.0. The number of hydrogen-bond acceptors (Lipinski definition) is 10. The molecular formula is C58H62F2N12. The number of para-hydroxylation sites is 2. The number of halogens is 2. The van der Waals surface area contributed by atoms with Gasteiger partial charge in [-0.15, -0.1) is 10.2 Å². The quantitative estimate of drug-likeness (QED) is 0.105. The van der Waals surface area contributed by atoms with Gasteiger partial charge in [0.25, 0.3) is 0 Å². The topological polar surface area (TPSA) is 100 Å². The van der Waals surface area contributed by atoms with Gasteiger partial charge in [0.2, 0.25) is 0 Å². The van der Waals surface area contributed by atoms with Crippen molar-refractivity contribution in [1.82, 2.24) is 60.0 Å². The smallest absolute Gasteiger partial charge is 0.178 e. The predicted octanol–water partition coefficient (Wildman–Crippen LogP) is 9.68. The van der Waals surface area contributed by atoms with Gasteiger partial charge in [0.1, 0.15) is 11.6 Å². The number of nitrogens with zero attached hydrogens (tertiary/aromatic N) is 12. The molecule has 72 heavy (non-hydrogen) atoms. The number of aromatic nitrogens is 8. The maximum Gasteiger partial charge on any atom is 0.178 e. The molecule has 8 aromatic rings. The van der Waals surface area contributed by atoms with E-state index < -0.39 is 0 Å². The molecule has 14 heteroatoms. The molecule has 368 valence electrons. The van der Waals surface area contributed by atoms with Crippen LogP contribution >= 0.6 is 0 Å². The highest BCUT2D eigenvalue weighted by atomic mass is 19.1. The second-order valence-electron chi connectivity index (χ2n) is 18.6. The average molecular weight is 965 g/mol. The van der Waals surface area contributed by atoms with Gasteiger partial charge in [-0.1, -0.05) is 146 Å². The molecule has 12 nitrogen and oxygen atoms in total. The molecule has 6 aromatic carbocycles. The van der Waals surface area contributed by atoms with Crippen molar-refractivity contribution in [1.29, 1.82) is 0 Å². The number of aryl methyl sites for hydroxylation is 4. The zero-order valence-corrected chi connectivity index (χ0v) is 41.5. The third-order valence-electron chi connectivity index (χ3n) is 13.6. The van der Waals surface area contributed by atoms with Crippen LogP contribution in [0.5, 0.6) is 0 Å². The average Bonchev–Trinajstić information content (AvgIpc) is 4.07. The number of tetrazole rings is 2. The number of rotatable bonds is 14. The van der Waals surface area contributed by atoms with Gasteiger partial charge in [-0.25, -0.2) is 8.78 Å². The van der Waals surface area contributed by atoms with Crippen LogP contribution in [-0.2, 0) is 0 Å². The van der Waals surface area contributed by atoms with Gasteiger partial charge in [0.15, 0.2) is 11.6 Å². The second kappa shape index (κ2) is 23.7. The van der Waals surface area contributed by atoms with Crippen LogP contribution in [-0.4, -0.2) is 125 Å². The van der Waals surface area contributed by atoms with Crippen molar-refractivity contribution in [3.8, 4) is 11.4 Å². The summed E-state index contributed by atoms with van der Waals surface area (Å²) in [6, 6.07) is 46.2. The minimum atomic E-state index is -0.248. The van der Waals surface area contributed by atoms with Crippen molar-refractivity contribution < 1.29 is 8.78 Å². The molecule has 2 aliphatic rings. The largest absolute Gasteiger partial charge is 0.297 e. The molecule has 4 heterocycles. The Hall–Kier alpha value is -7.36. The van der Waals surface area contributed by atoms with Gasteiger partial charge in [-0.05, 0) is 117 Å². The van der Waals surface area contributed by atoms with E-state index in [1.165, 1.54) is 35.4 Å². The Bertz CT molecular complexity index is 2780. The van der Waals surface area contributed by atoms with Gasteiger partial charge in [-0.3, -0.25) is 19.6 Å². The summed E-state index contributed by atoms with van der Waals surface area (Å²) >= 11 is 0. The Morgan fingerprint density at radius 1 is 0.431 bits per heavy atom. The van der Waals surface area contributed by atoms with E-state index in [0.717, 1.165) is 122 Å². The molecule has 0 saturated carbocycles. The van der Waals surface area contributed by atoms with Gasteiger partial charge in [-0.2, -0.15) is 9.36 Å². The summed E-state index contributed by atoms with van der Waals surface area (Å²) in [5, 5.41) is 25.9. The normalized spacial score (nSPS) is 16.0. The summed E-state index contributed by atoms with van der Waals surface area (Å²) in [6.45, 7) is 17.3. The third-order valence-corrected chi connectivity index (χ3v) is 13.6. The van der Waals surface area contributed by atoms with Crippen LogP contribution in [0.15, 0.2) is 158 Å². The summed E-state index contributed by atoms with van der Waals surface area (Å²) in [5.74, 6) is 0.997. The van der Waals surface area contributed by atoms with Crippen LogP contribution in [0.25, 0.3) is 23.5 Å². The lowest BCUT2D eigenvalue weighted by atomic mass is 10.0. The van der Waals surface area contributed by atoms with Crippen LogP contribution in [0.4, 0.5) is 8.78 Å². The zero-order valence-electron chi connectivity index (χ0n) is 41.5. The lowest BCUT2D eigenvalue weighted by Gasteiger charge is -2.38. The molecule has 2 fully saturated rings. The van der Waals surface area contributed by atoms with Crippen molar-refractivity contribution >= 4 is 12.2 Å². The molecule has 0 aliphatic carbocycles. The van der Waals surface area contributed by atoms with Crippen molar-refractivity contribution in [2.24, 2.45) is 0 Å². The van der Waals surface area contributed by atoms with E-state index in [1.54, 1.807) is 0 Å². The highest BCUT2D eigenvalue weighted by Gasteiger charge is 2.33. The molecule has 2 aromatic heterocycles. The van der Waals surface area contributed by atoms with Crippen molar-refractivity contribution in [2.45, 2.75) is 39.8 Å². The van der Waals surface area contributed by atoms with Crippen LogP contribution < -0.4 is 0 Å². The first-order valence-electron chi connectivity index (χ1n) is 24.8. The molecule has 0 radical (unpaired) electrons. The summed E-state index contributed by atoms with van der Waals surface area (Å²) in [5.41, 5.74) is 10.8. The molecule has 10 rings (SSSR count). The maximum atomic E-state index is 13.8. The van der Waals surface area contributed by atoms with Crippen LogP contribution in [0, 0.1) is 39.3 Å². The lowest BCUT2D eigenvalue weighted by molar-refractivity contribution is 0.113. The van der Waals surface area contributed by atoms with Gasteiger partial charge in [0.05, 0.1) is 23.5 Å². The van der Waals surface area contributed by atoms with E-state index in [4.69, 9.17) is 0 Å². The monoisotopic (exact) mass is 965 g/mol. The second-order valence-corrected chi connectivity index (χ2v) is 18.6. The summed E-state index contributed by atoms with van der Waals surface area (Å²) in [4.78, 5) is 9.71. The lowest BCUT2D eigenvalue weighted by Crippen LogP contribution is -2.48. The minimum absolute atomic E-state index is 0.179. The standard InChI is InChI=1S/2C29H31FN6/c2*1-22-8-6-9-23(2)27(22)36-29(31-32-33-36)28(25-13-15-26(30)16-14-25)35-20-18-34(19-21-35)17-7-12-24-10-4-3-5-11-24/h2*3-16,28H,17-21H2,1-2H3/b2*12-7+/t2*28-/m10/s1. The number of piperazine rings is 2. The van der Waals surface area contributed by atoms with E-state index in [0.29, 0.717) is 0 Å². The Balaban J connectivity index is 0.000000178. The molecule has 0 spiro atoms. The first kappa shape index (κ1) is 49.6. The Morgan fingerprint density at radius 3 is 1.12 bits per heavy atom. The Morgan fingerprint density at radius 2 is 0.778 bits per heavy atom. The fourth-order valence-corrected chi connectivity index (χ4v) is 9.88. The van der Waals surface area contributed by atoms with Gasteiger partial charge in [0, 0.05) is 65.4 Å². The van der Waals surface area contributed by atoms with E-state index in [-0.39, 0.29) is 23.7 Å². The molecule has 0 N–H and O–H groups in total. The minimum Gasteiger partial charge on any atom is -0.297 e. The van der Waals surface area contributed by atoms with E-state index in [1.807, 2.05) is 57.9 Å². The molecule has 2 saturated heterocycles. The Kier molecular flexibility index (Phi) is 16.3. The summed E-state index contributed by atoms with van der Waals surface area (Å²) in [6.07, 6.45) is 8.80. The van der Waals surface area contributed by atoms with Crippen LogP contribution in [0.2, 0.25) is 0 Å². The molecular weight excluding hydrogens is 903 g/mol. The highest BCUT2D eigenvalue weighted by Crippen LogP contribution is 2.33. The van der Waals surface area contributed by atoms with Crippen molar-refractivity contribution in [3.05, 3.63) is 226 Å². The fraction of sp³-hybridized carbons (Fsp3) is 0.276. The SMILES string of the molecule is Cc1cccc(C)c1-n1nnnc1[C@@H](c1ccc(F)cc1)N1CCN(C/C=C/c2ccccc2)CC1.Cc1cccc(C)c1-n1nnnc1[C@H](c1ccc(F)cc1)N1CCN(C/C=C/c2ccccc2)CC1.